The molecule has 5 rings (SSSR count). The standard InChI is InChI=1S/C39H52O12/c1-8-29(40)46-16-19-49-34(43)32-25-22-28-37(6)13-11-14-38(7,36(45)51-21-18-48-31(42)10-3)27(37)12-15-39(28,23-26(25)24(4)5)33(32)35(44)50-20-17-47-30(41)9-2/h8-10,23-25,27-28,32-33H,1-3,11-22H2,4-7H3/t25?,27-,28-,32?,33?,37+,38-,39-/m1/s1. The van der Waals surface area contributed by atoms with E-state index in [0.717, 1.165) is 36.6 Å². The van der Waals surface area contributed by atoms with Crippen LogP contribution >= 0.6 is 0 Å². The summed E-state index contributed by atoms with van der Waals surface area (Å²) in [5, 5.41) is 0. The molecular formula is C39H52O12. The Labute approximate surface area is 299 Å². The van der Waals surface area contributed by atoms with E-state index in [9.17, 15) is 28.8 Å². The van der Waals surface area contributed by atoms with E-state index in [1.807, 2.05) is 6.92 Å². The molecule has 0 N–H and O–H groups in total. The van der Waals surface area contributed by atoms with E-state index in [1.165, 1.54) is 0 Å². The van der Waals surface area contributed by atoms with Crippen molar-refractivity contribution in [3.05, 3.63) is 49.6 Å². The SMILES string of the molecule is C=CC(=O)OCCOC(=O)C1C2C[C@@H]3[C@@]4(C)CCC[C@@](C)(C(=O)OCCOC(=O)C=C)[C@@H]4CC[C@]3(C=C2C(C)C)C1C(=O)OCCOC(=O)C=C. The molecule has 3 fully saturated rings. The van der Waals surface area contributed by atoms with Crippen LogP contribution in [0.1, 0.15) is 66.2 Å². The summed E-state index contributed by atoms with van der Waals surface area (Å²) in [6.45, 7) is 17.6. The van der Waals surface area contributed by atoms with Crippen LogP contribution in [0, 0.1) is 51.8 Å². The van der Waals surface area contributed by atoms with Crippen LogP contribution in [-0.2, 0) is 57.2 Å². The Morgan fingerprint density at radius 3 is 1.76 bits per heavy atom. The van der Waals surface area contributed by atoms with Gasteiger partial charge in [-0.3, -0.25) is 14.4 Å². The number of carbonyl (C=O) groups is 6. The summed E-state index contributed by atoms with van der Waals surface area (Å²) >= 11 is 0. The van der Waals surface area contributed by atoms with Crippen LogP contribution in [0.3, 0.4) is 0 Å². The van der Waals surface area contributed by atoms with Crippen molar-refractivity contribution < 1.29 is 57.2 Å². The Balaban J connectivity index is 1.68. The molecule has 3 saturated carbocycles. The van der Waals surface area contributed by atoms with Gasteiger partial charge in [-0.2, -0.15) is 0 Å². The number of ether oxygens (including phenoxy) is 6. The molecule has 3 unspecified atom stereocenters. The smallest absolute Gasteiger partial charge is 0.330 e. The highest BCUT2D eigenvalue weighted by molar-refractivity contribution is 5.86. The maximum absolute atomic E-state index is 14.3. The predicted molar refractivity (Wildman–Crippen MR) is 183 cm³/mol. The van der Waals surface area contributed by atoms with Crippen molar-refractivity contribution in [3.8, 4) is 0 Å². The molecule has 0 saturated heterocycles. The topological polar surface area (TPSA) is 158 Å². The number of allylic oxidation sites excluding steroid dienone is 2. The lowest BCUT2D eigenvalue weighted by atomic mass is 9.34. The fourth-order valence-corrected chi connectivity index (χ4v) is 9.89. The van der Waals surface area contributed by atoms with Crippen LogP contribution in [0.2, 0.25) is 0 Å². The van der Waals surface area contributed by atoms with Crippen LogP contribution < -0.4 is 0 Å². The zero-order valence-corrected chi connectivity index (χ0v) is 30.3. The first-order valence-electron chi connectivity index (χ1n) is 17.8. The van der Waals surface area contributed by atoms with Crippen molar-refractivity contribution in [1.29, 1.82) is 0 Å². The maximum atomic E-state index is 14.3. The summed E-state index contributed by atoms with van der Waals surface area (Å²) in [5.74, 6) is -5.54. The molecule has 0 aromatic heterocycles. The van der Waals surface area contributed by atoms with Gasteiger partial charge in [0.05, 0.1) is 17.3 Å². The van der Waals surface area contributed by atoms with Gasteiger partial charge in [0.2, 0.25) is 0 Å². The molecule has 12 heteroatoms. The molecule has 0 aromatic carbocycles. The van der Waals surface area contributed by atoms with E-state index in [4.69, 9.17) is 28.4 Å². The van der Waals surface area contributed by atoms with Crippen LogP contribution in [0.5, 0.6) is 0 Å². The Morgan fingerprint density at radius 2 is 1.24 bits per heavy atom. The molecule has 2 bridgehead atoms. The first kappa shape index (κ1) is 39.6. The number of fused-ring (bicyclic) bond motifs is 2. The van der Waals surface area contributed by atoms with E-state index >= 15 is 0 Å². The molecule has 5 aliphatic carbocycles. The Kier molecular flexibility index (Phi) is 12.7. The van der Waals surface area contributed by atoms with Crippen molar-refractivity contribution in [3.63, 3.8) is 0 Å². The summed E-state index contributed by atoms with van der Waals surface area (Å²) in [6.07, 6.45) is 9.28. The molecule has 12 nitrogen and oxygen atoms in total. The number of carbonyl (C=O) groups excluding carboxylic acids is 6. The molecule has 0 amide bonds. The van der Waals surface area contributed by atoms with Crippen molar-refractivity contribution >= 4 is 35.8 Å². The second kappa shape index (κ2) is 16.4. The average Bonchev–Trinajstić information content (AvgIpc) is 3.11. The molecule has 5 aliphatic rings. The van der Waals surface area contributed by atoms with Crippen LogP contribution in [0.4, 0.5) is 0 Å². The highest BCUT2D eigenvalue weighted by Crippen LogP contribution is 2.73. The fourth-order valence-electron chi connectivity index (χ4n) is 9.89. The molecule has 0 heterocycles. The monoisotopic (exact) mass is 712 g/mol. The van der Waals surface area contributed by atoms with Gasteiger partial charge in [-0.05, 0) is 68.1 Å². The zero-order chi connectivity index (χ0) is 37.6. The van der Waals surface area contributed by atoms with E-state index in [1.54, 1.807) is 0 Å². The summed E-state index contributed by atoms with van der Waals surface area (Å²) in [5.41, 5.74) is -0.911. The van der Waals surface area contributed by atoms with Gasteiger partial charge in [0, 0.05) is 23.6 Å². The van der Waals surface area contributed by atoms with Gasteiger partial charge in [0.1, 0.15) is 39.6 Å². The molecule has 0 aliphatic heterocycles. The molecular weight excluding hydrogens is 660 g/mol. The van der Waals surface area contributed by atoms with Crippen LogP contribution in [0.15, 0.2) is 49.6 Å². The quantitative estimate of drug-likeness (QED) is 0.0705. The third-order valence-electron chi connectivity index (χ3n) is 11.9. The third-order valence-corrected chi connectivity index (χ3v) is 11.9. The summed E-state index contributed by atoms with van der Waals surface area (Å²) in [4.78, 5) is 76.8. The van der Waals surface area contributed by atoms with Gasteiger partial charge in [-0.15, -0.1) is 0 Å². The number of hydrogen-bond acceptors (Lipinski definition) is 12. The number of hydrogen-bond donors (Lipinski definition) is 0. The molecule has 8 atom stereocenters. The highest BCUT2D eigenvalue weighted by Gasteiger charge is 2.71. The molecule has 1 spiro atoms. The first-order valence-corrected chi connectivity index (χ1v) is 17.8. The number of esters is 6. The highest BCUT2D eigenvalue weighted by atomic mass is 16.6. The summed E-state index contributed by atoms with van der Waals surface area (Å²) < 4.78 is 32.2. The molecule has 0 aromatic rings. The van der Waals surface area contributed by atoms with Gasteiger partial charge < -0.3 is 28.4 Å². The third kappa shape index (κ3) is 7.84. The lowest BCUT2D eigenvalue weighted by Crippen LogP contribution is -2.67. The summed E-state index contributed by atoms with van der Waals surface area (Å²) in [7, 11) is 0. The normalized spacial score (nSPS) is 31.8. The van der Waals surface area contributed by atoms with Crippen molar-refractivity contribution in [2.45, 2.75) is 66.2 Å². The Morgan fingerprint density at radius 1 is 0.725 bits per heavy atom. The van der Waals surface area contributed by atoms with Crippen molar-refractivity contribution in [2.24, 2.45) is 51.8 Å². The van der Waals surface area contributed by atoms with Crippen LogP contribution in [-0.4, -0.2) is 75.5 Å². The van der Waals surface area contributed by atoms with E-state index < -0.39 is 57.9 Å². The lowest BCUT2D eigenvalue weighted by Gasteiger charge is -2.69. The van der Waals surface area contributed by atoms with Gasteiger partial charge in [0.25, 0.3) is 0 Å². The van der Waals surface area contributed by atoms with Gasteiger partial charge in [-0.25, -0.2) is 14.4 Å². The lowest BCUT2D eigenvalue weighted by molar-refractivity contribution is -0.213. The first-order chi connectivity index (χ1) is 24.2. The van der Waals surface area contributed by atoms with Crippen molar-refractivity contribution in [2.75, 3.05) is 39.6 Å². The van der Waals surface area contributed by atoms with Crippen LogP contribution in [0.25, 0.3) is 0 Å². The molecule has 280 valence electrons. The van der Waals surface area contributed by atoms with Gasteiger partial charge >= 0.3 is 35.8 Å². The zero-order valence-electron chi connectivity index (χ0n) is 30.3. The Hall–Kier alpha value is -4.22. The largest absolute Gasteiger partial charge is 0.462 e. The number of rotatable bonds is 16. The van der Waals surface area contributed by atoms with E-state index in [2.05, 4.69) is 46.6 Å². The molecule has 51 heavy (non-hydrogen) atoms. The fraction of sp³-hybridized carbons (Fsp3) is 0.641. The minimum Gasteiger partial charge on any atom is -0.462 e. The second-order valence-electron chi connectivity index (χ2n) is 14.8. The minimum absolute atomic E-state index is 0.0695. The van der Waals surface area contributed by atoms with Gasteiger partial charge in [-0.1, -0.05) is 58.6 Å². The molecule has 0 radical (unpaired) electrons. The Bertz CT molecular complexity index is 1440. The minimum atomic E-state index is -0.903. The maximum Gasteiger partial charge on any atom is 0.330 e. The van der Waals surface area contributed by atoms with E-state index in [0.29, 0.717) is 25.7 Å². The predicted octanol–water partition coefficient (Wildman–Crippen LogP) is 4.86. The van der Waals surface area contributed by atoms with Crippen molar-refractivity contribution in [1.82, 2.24) is 0 Å². The van der Waals surface area contributed by atoms with Gasteiger partial charge in [0.15, 0.2) is 0 Å². The van der Waals surface area contributed by atoms with E-state index in [-0.39, 0.29) is 69.3 Å². The second-order valence-corrected chi connectivity index (χ2v) is 14.8. The summed E-state index contributed by atoms with van der Waals surface area (Å²) in [6, 6.07) is 0. The average molecular weight is 713 g/mol.